The summed E-state index contributed by atoms with van der Waals surface area (Å²) in [5.74, 6) is -0.419. The molecule has 0 aromatic carbocycles. The molecule has 3 N–H and O–H groups in total. The van der Waals surface area contributed by atoms with Crippen LogP contribution in [0.5, 0.6) is 0 Å². The maximum atomic E-state index is 12.1. The van der Waals surface area contributed by atoms with Crippen molar-refractivity contribution in [2.45, 2.75) is 58.1 Å². The predicted molar refractivity (Wildman–Crippen MR) is 68.8 cm³/mol. The largest absolute Gasteiger partial charge is 0.378 e. The van der Waals surface area contributed by atoms with E-state index in [0.29, 0.717) is 6.61 Å². The molecule has 2 amide bonds. The number of carbonyl (C=O) groups excluding carboxylic acids is 2. The smallest absolute Gasteiger partial charge is 0.223 e. The zero-order valence-electron chi connectivity index (χ0n) is 11.5. The van der Waals surface area contributed by atoms with E-state index < -0.39 is 11.4 Å². The molecular weight excluding hydrogens is 232 g/mol. The topological polar surface area (TPSA) is 81.4 Å². The Morgan fingerprint density at radius 3 is 2.67 bits per heavy atom. The first-order chi connectivity index (χ1) is 8.34. The first-order valence-electron chi connectivity index (χ1n) is 6.56. The van der Waals surface area contributed by atoms with E-state index in [4.69, 9.17) is 10.5 Å². The van der Waals surface area contributed by atoms with Crippen molar-refractivity contribution in [3.05, 3.63) is 0 Å². The van der Waals surface area contributed by atoms with Gasteiger partial charge in [-0.3, -0.25) is 9.59 Å². The van der Waals surface area contributed by atoms with E-state index >= 15 is 0 Å². The molecular formula is C13H24N2O3. The molecule has 5 nitrogen and oxygen atoms in total. The van der Waals surface area contributed by atoms with Crippen LogP contribution in [-0.4, -0.2) is 30.1 Å². The van der Waals surface area contributed by atoms with Gasteiger partial charge in [0.25, 0.3) is 0 Å². The van der Waals surface area contributed by atoms with E-state index in [2.05, 4.69) is 12.2 Å². The molecule has 104 valence electrons. The fourth-order valence-corrected chi connectivity index (χ4v) is 2.32. The Morgan fingerprint density at radius 1 is 1.44 bits per heavy atom. The van der Waals surface area contributed by atoms with Crippen LogP contribution in [0.2, 0.25) is 0 Å². The zero-order valence-corrected chi connectivity index (χ0v) is 11.5. The number of amides is 2. The first-order valence-corrected chi connectivity index (χ1v) is 6.56. The highest BCUT2D eigenvalue weighted by Gasteiger charge is 2.31. The molecule has 0 aromatic heterocycles. The van der Waals surface area contributed by atoms with Gasteiger partial charge >= 0.3 is 0 Å². The van der Waals surface area contributed by atoms with E-state index in [1.165, 1.54) is 0 Å². The second-order valence-electron chi connectivity index (χ2n) is 5.64. The molecule has 0 unspecified atom stereocenters. The van der Waals surface area contributed by atoms with Crippen LogP contribution in [0.3, 0.4) is 0 Å². The van der Waals surface area contributed by atoms with Crippen LogP contribution in [0, 0.1) is 5.92 Å². The third-order valence-corrected chi connectivity index (χ3v) is 3.27. The van der Waals surface area contributed by atoms with Gasteiger partial charge in [-0.15, -0.1) is 0 Å². The Labute approximate surface area is 108 Å². The molecule has 1 fully saturated rings. The number of rotatable bonds is 5. The minimum Gasteiger partial charge on any atom is -0.378 e. The van der Waals surface area contributed by atoms with Crippen LogP contribution in [0.1, 0.15) is 46.5 Å². The van der Waals surface area contributed by atoms with Crippen molar-refractivity contribution in [3.8, 4) is 0 Å². The van der Waals surface area contributed by atoms with Crippen molar-refractivity contribution in [2.75, 3.05) is 6.61 Å². The summed E-state index contributed by atoms with van der Waals surface area (Å²) in [5, 5.41) is 2.91. The third kappa shape index (κ3) is 4.64. The molecule has 0 spiro atoms. The summed E-state index contributed by atoms with van der Waals surface area (Å²) in [5.41, 5.74) is 4.59. The Kier molecular flexibility index (Phi) is 5.14. The quantitative estimate of drug-likeness (QED) is 0.768. The van der Waals surface area contributed by atoms with Crippen molar-refractivity contribution in [3.63, 3.8) is 0 Å². The molecule has 0 aromatic rings. The SMILES string of the molecule is CC[C@H]1C[C@H](C(=O)NC(C)(C)CC(N)=O)CCO1. The Bertz CT molecular complexity index is 315. The van der Waals surface area contributed by atoms with Crippen molar-refractivity contribution < 1.29 is 14.3 Å². The molecule has 2 atom stereocenters. The number of nitrogens with two attached hydrogens (primary N) is 1. The van der Waals surface area contributed by atoms with Gasteiger partial charge < -0.3 is 15.8 Å². The van der Waals surface area contributed by atoms with Gasteiger partial charge in [-0.1, -0.05) is 6.92 Å². The molecule has 0 saturated carbocycles. The van der Waals surface area contributed by atoms with E-state index in [1.807, 2.05) is 13.8 Å². The normalized spacial score (nSPS) is 24.6. The molecule has 1 rings (SSSR count). The van der Waals surface area contributed by atoms with E-state index in [9.17, 15) is 9.59 Å². The van der Waals surface area contributed by atoms with Crippen LogP contribution >= 0.6 is 0 Å². The van der Waals surface area contributed by atoms with E-state index in [1.54, 1.807) is 0 Å². The lowest BCUT2D eigenvalue weighted by Crippen LogP contribution is -2.49. The van der Waals surface area contributed by atoms with Crippen LogP contribution in [0.4, 0.5) is 0 Å². The fraction of sp³-hybridized carbons (Fsp3) is 0.846. The summed E-state index contributed by atoms with van der Waals surface area (Å²) < 4.78 is 5.55. The molecule has 5 heteroatoms. The Balaban J connectivity index is 2.51. The molecule has 1 heterocycles. The molecule has 0 radical (unpaired) electrons. The monoisotopic (exact) mass is 256 g/mol. The average molecular weight is 256 g/mol. The van der Waals surface area contributed by atoms with Crippen LogP contribution in [0.25, 0.3) is 0 Å². The van der Waals surface area contributed by atoms with Crippen molar-refractivity contribution in [1.29, 1.82) is 0 Å². The van der Waals surface area contributed by atoms with Crippen LogP contribution in [0.15, 0.2) is 0 Å². The summed E-state index contributed by atoms with van der Waals surface area (Å²) in [6.07, 6.45) is 2.76. The maximum Gasteiger partial charge on any atom is 0.223 e. The highest BCUT2D eigenvalue weighted by atomic mass is 16.5. The van der Waals surface area contributed by atoms with E-state index in [-0.39, 0.29) is 24.3 Å². The van der Waals surface area contributed by atoms with Gasteiger partial charge in [0.2, 0.25) is 11.8 Å². The lowest BCUT2D eigenvalue weighted by atomic mass is 9.91. The second-order valence-corrected chi connectivity index (χ2v) is 5.64. The highest BCUT2D eigenvalue weighted by molar-refractivity contribution is 5.81. The van der Waals surface area contributed by atoms with Gasteiger partial charge in [0.1, 0.15) is 0 Å². The van der Waals surface area contributed by atoms with Crippen LogP contribution < -0.4 is 11.1 Å². The predicted octanol–water partition coefficient (Wildman–Crippen LogP) is 0.962. The van der Waals surface area contributed by atoms with Gasteiger partial charge in [0.15, 0.2) is 0 Å². The zero-order chi connectivity index (χ0) is 13.8. The summed E-state index contributed by atoms with van der Waals surface area (Å²) in [7, 11) is 0. The molecule has 1 aliphatic rings. The summed E-state index contributed by atoms with van der Waals surface area (Å²) in [6.45, 7) is 6.31. The molecule has 1 saturated heterocycles. The highest BCUT2D eigenvalue weighted by Crippen LogP contribution is 2.23. The molecule has 0 bridgehead atoms. The van der Waals surface area contributed by atoms with Gasteiger partial charge in [0, 0.05) is 24.5 Å². The first kappa shape index (κ1) is 15.0. The summed E-state index contributed by atoms with van der Waals surface area (Å²) in [4.78, 5) is 23.1. The van der Waals surface area contributed by atoms with Gasteiger partial charge in [-0.2, -0.15) is 0 Å². The lowest BCUT2D eigenvalue weighted by Gasteiger charge is -2.32. The number of nitrogens with one attached hydrogen (secondary N) is 1. The van der Waals surface area contributed by atoms with E-state index in [0.717, 1.165) is 19.3 Å². The Morgan fingerprint density at radius 2 is 2.11 bits per heavy atom. The van der Waals surface area contributed by atoms with Gasteiger partial charge in [-0.05, 0) is 33.1 Å². The lowest BCUT2D eigenvalue weighted by molar-refractivity contribution is -0.132. The summed E-state index contributed by atoms with van der Waals surface area (Å²) >= 11 is 0. The molecule has 0 aliphatic carbocycles. The number of ether oxygens (including phenoxy) is 1. The summed E-state index contributed by atoms with van der Waals surface area (Å²) in [6, 6.07) is 0. The number of carbonyl (C=O) groups is 2. The minimum absolute atomic E-state index is 0.00278. The van der Waals surface area contributed by atoms with Gasteiger partial charge in [0.05, 0.1) is 6.10 Å². The van der Waals surface area contributed by atoms with Gasteiger partial charge in [-0.25, -0.2) is 0 Å². The second kappa shape index (κ2) is 6.18. The van der Waals surface area contributed by atoms with Crippen molar-refractivity contribution in [1.82, 2.24) is 5.32 Å². The fourth-order valence-electron chi connectivity index (χ4n) is 2.32. The van der Waals surface area contributed by atoms with Crippen LogP contribution in [-0.2, 0) is 14.3 Å². The van der Waals surface area contributed by atoms with Crippen molar-refractivity contribution in [2.24, 2.45) is 11.7 Å². The average Bonchev–Trinajstić information content (AvgIpc) is 2.26. The van der Waals surface area contributed by atoms with Crippen molar-refractivity contribution >= 4 is 11.8 Å². The standard InChI is InChI=1S/C13H24N2O3/c1-4-10-7-9(5-6-18-10)12(17)15-13(2,3)8-11(14)16/h9-10H,4-8H2,1-3H3,(H2,14,16)(H,15,17)/t9-,10+/m1/s1. The Hall–Kier alpha value is -1.10. The number of hydrogen-bond acceptors (Lipinski definition) is 3. The third-order valence-electron chi connectivity index (χ3n) is 3.27. The molecule has 1 aliphatic heterocycles. The minimum atomic E-state index is -0.580. The number of hydrogen-bond donors (Lipinski definition) is 2. The molecule has 18 heavy (non-hydrogen) atoms. The number of primary amides is 1. The maximum absolute atomic E-state index is 12.1.